The summed E-state index contributed by atoms with van der Waals surface area (Å²) in [6, 6.07) is 0. The van der Waals surface area contributed by atoms with Crippen molar-refractivity contribution in [1.29, 1.82) is 0 Å². The summed E-state index contributed by atoms with van der Waals surface area (Å²) in [5.74, 6) is -0.221. The molecule has 2 atom stereocenters. The number of carbonyl (C=O) groups is 2. The van der Waals surface area contributed by atoms with Crippen LogP contribution in [-0.2, 0) is 14.3 Å². The summed E-state index contributed by atoms with van der Waals surface area (Å²) in [7, 11) is 1.38. The molecule has 0 bridgehead atoms. The fraction of sp³-hybridized carbons (Fsp3) is 0.733. The van der Waals surface area contributed by atoms with Crippen molar-refractivity contribution in [3.05, 3.63) is 11.6 Å². The molecule has 2 aliphatic rings. The fourth-order valence-corrected chi connectivity index (χ4v) is 2.94. The van der Waals surface area contributed by atoms with Gasteiger partial charge in [-0.25, -0.2) is 4.79 Å². The van der Waals surface area contributed by atoms with Crippen LogP contribution in [0.3, 0.4) is 0 Å². The predicted molar refractivity (Wildman–Crippen MR) is 74.1 cm³/mol. The van der Waals surface area contributed by atoms with E-state index >= 15 is 0 Å². The molecule has 0 spiro atoms. The summed E-state index contributed by atoms with van der Waals surface area (Å²) in [4.78, 5) is 25.6. The van der Waals surface area contributed by atoms with Gasteiger partial charge in [0.05, 0.1) is 13.0 Å². The maximum absolute atomic E-state index is 12.3. The summed E-state index contributed by atoms with van der Waals surface area (Å²) < 4.78 is 10.3. The number of methoxy groups -OCH3 is 1. The van der Waals surface area contributed by atoms with Crippen molar-refractivity contribution < 1.29 is 19.1 Å². The van der Waals surface area contributed by atoms with Crippen LogP contribution < -0.4 is 0 Å². The lowest BCUT2D eigenvalue weighted by molar-refractivity contribution is -0.161. The number of hydrogen-bond donors (Lipinski definition) is 0. The van der Waals surface area contributed by atoms with Gasteiger partial charge in [0, 0.05) is 19.0 Å². The molecule has 0 aromatic heterocycles. The number of allylic oxidation sites excluding steroid dienone is 1. The first-order valence-electron chi connectivity index (χ1n) is 7.06. The largest absolute Gasteiger partial charge is 0.460 e. The van der Waals surface area contributed by atoms with Crippen LogP contribution in [0.1, 0.15) is 33.6 Å². The van der Waals surface area contributed by atoms with Crippen molar-refractivity contribution >= 4 is 12.1 Å². The zero-order chi connectivity index (χ0) is 14.9. The summed E-state index contributed by atoms with van der Waals surface area (Å²) in [6.07, 6.45) is 3.47. The van der Waals surface area contributed by atoms with E-state index in [0.717, 1.165) is 18.4 Å². The summed E-state index contributed by atoms with van der Waals surface area (Å²) in [6.45, 7) is 6.73. The molecular formula is C15H23NO4. The van der Waals surface area contributed by atoms with Gasteiger partial charge in [-0.1, -0.05) is 6.08 Å². The Morgan fingerprint density at radius 1 is 1.35 bits per heavy atom. The van der Waals surface area contributed by atoms with E-state index in [9.17, 15) is 9.59 Å². The zero-order valence-corrected chi connectivity index (χ0v) is 12.6. The average molecular weight is 281 g/mol. The Kier molecular flexibility index (Phi) is 4.06. The molecule has 1 aliphatic heterocycles. The second-order valence-electron chi connectivity index (χ2n) is 6.45. The third-order valence-electron chi connectivity index (χ3n) is 3.78. The van der Waals surface area contributed by atoms with Crippen LogP contribution in [-0.4, -0.2) is 42.8 Å². The minimum atomic E-state index is -0.473. The van der Waals surface area contributed by atoms with Gasteiger partial charge in [-0.2, -0.15) is 0 Å². The van der Waals surface area contributed by atoms with Crippen LogP contribution in [0.25, 0.3) is 0 Å². The number of fused-ring (bicyclic) bond motifs is 1. The maximum atomic E-state index is 12.3. The van der Waals surface area contributed by atoms with Crippen molar-refractivity contribution in [3.8, 4) is 0 Å². The highest BCUT2D eigenvalue weighted by molar-refractivity contribution is 5.75. The molecule has 0 aromatic carbocycles. The van der Waals surface area contributed by atoms with E-state index in [4.69, 9.17) is 9.47 Å². The molecule has 2 unspecified atom stereocenters. The number of likely N-dealkylation sites (tertiary alicyclic amines) is 1. The number of amides is 1. The lowest BCUT2D eigenvalue weighted by atomic mass is 9.80. The van der Waals surface area contributed by atoms with Crippen molar-refractivity contribution in [2.75, 3.05) is 20.2 Å². The van der Waals surface area contributed by atoms with E-state index in [1.165, 1.54) is 7.11 Å². The maximum Gasteiger partial charge on any atom is 0.409 e. The van der Waals surface area contributed by atoms with Crippen molar-refractivity contribution in [2.24, 2.45) is 11.8 Å². The fourth-order valence-electron chi connectivity index (χ4n) is 2.94. The Labute approximate surface area is 119 Å². The Morgan fingerprint density at radius 3 is 2.65 bits per heavy atom. The average Bonchev–Trinajstić information content (AvgIpc) is 2.79. The van der Waals surface area contributed by atoms with Gasteiger partial charge in [-0.15, -0.1) is 0 Å². The smallest absolute Gasteiger partial charge is 0.409 e. The SMILES string of the molecule is COC(=O)N1CC2=CCCC(C(=O)OC(C)(C)C)C2C1. The van der Waals surface area contributed by atoms with Crippen LogP contribution in [0.4, 0.5) is 4.79 Å². The third kappa shape index (κ3) is 3.14. The Morgan fingerprint density at radius 2 is 2.05 bits per heavy atom. The first-order chi connectivity index (χ1) is 9.31. The van der Waals surface area contributed by atoms with Gasteiger partial charge >= 0.3 is 12.1 Å². The molecule has 0 saturated carbocycles. The van der Waals surface area contributed by atoms with E-state index in [-0.39, 0.29) is 23.9 Å². The van der Waals surface area contributed by atoms with Crippen LogP contribution in [0.2, 0.25) is 0 Å². The highest BCUT2D eigenvalue weighted by atomic mass is 16.6. The number of esters is 1. The molecule has 5 heteroatoms. The van der Waals surface area contributed by atoms with Crippen molar-refractivity contribution in [1.82, 2.24) is 4.90 Å². The van der Waals surface area contributed by atoms with Crippen molar-refractivity contribution in [3.63, 3.8) is 0 Å². The minimum absolute atomic E-state index is 0.0812. The molecule has 5 nitrogen and oxygen atoms in total. The van der Waals surface area contributed by atoms with Gasteiger partial charge in [-0.05, 0) is 39.2 Å². The highest BCUT2D eigenvalue weighted by Gasteiger charge is 2.42. The van der Waals surface area contributed by atoms with Crippen LogP contribution >= 0.6 is 0 Å². The first-order valence-corrected chi connectivity index (χ1v) is 7.06. The van der Waals surface area contributed by atoms with Crippen molar-refractivity contribution in [2.45, 2.75) is 39.2 Å². The molecule has 1 heterocycles. The van der Waals surface area contributed by atoms with E-state index in [1.54, 1.807) is 4.90 Å². The van der Waals surface area contributed by atoms with Crippen LogP contribution in [0.15, 0.2) is 11.6 Å². The normalized spacial score (nSPS) is 25.8. The first kappa shape index (κ1) is 14.9. The topological polar surface area (TPSA) is 55.8 Å². The molecule has 0 aromatic rings. The molecule has 1 fully saturated rings. The zero-order valence-electron chi connectivity index (χ0n) is 12.6. The van der Waals surface area contributed by atoms with E-state index < -0.39 is 5.60 Å². The lowest BCUT2D eigenvalue weighted by Gasteiger charge is -2.29. The molecule has 1 saturated heterocycles. The molecule has 1 amide bonds. The van der Waals surface area contributed by atoms with E-state index in [0.29, 0.717) is 13.1 Å². The quantitative estimate of drug-likeness (QED) is 0.547. The third-order valence-corrected chi connectivity index (χ3v) is 3.78. The molecule has 20 heavy (non-hydrogen) atoms. The second kappa shape index (κ2) is 5.46. The van der Waals surface area contributed by atoms with Gasteiger partial charge in [-0.3, -0.25) is 4.79 Å². The van der Waals surface area contributed by atoms with Gasteiger partial charge in [0.25, 0.3) is 0 Å². The van der Waals surface area contributed by atoms with E-state index in [2.05, 4.69) is 6.08 Å². The summed E-state index contributed by atoms with van der Waals surface area (Å²) in [5, 5.41) is 0. The molecule has 1 aliphatic carbocycles. The van der Waals surface area contributed by atoms with Gasteiger partial charge in [0.1, 0.15) is 5.60 Å². The Bertz CT molecular complexity index is 436. The Balaban J connectivity index is 2.08. The molecule has 0 radical (unpaired) electrons. The molecule has 0 N–H and O–H groups in total. The number of ether oxygens (including phenoxy) is 2. The minimum Gasteiger partial charge on any atom is -0.460 e. The Hall–Kier alpha value is -1.52. The van der Waals surface area contributed by atoms with Crippen LogP contribution in [0, 0.1) is 11.8 Å². The summed E-state index contributed by atoms with van der Waals surface area (Å²) in [5.41, 5.74) is 0.691. The monoisotopic (exact) mass is 281 g/mol. The number of hydrogen-bond acceptors (Lipinski definition) is 4. The van der Waals surface area contributed by atoms with E-state index in [1.807, 2.05) is 20.8 Å². The van der Waals surface area contributed by atoms with Gasteiger partial charge < -0.3 is 14.4 Å². The van der Waals surface area contributed by atoms with Crippen LogP contribution in [0.5, 0.6) is 0 Å². The number of nitrogens with zero attached hydrogens (tertiary/aromatic N) is 1. The number of carbonyl (C=O) groups excluding carboxylic acids is 2. The van der Waals surface area contributed by atoms with Gasteiger partial charge in [0.15, 0.2) is 0 Å². The molecule has 112 valence electrons. The lowest BCUT2D eigenvalue weighted by Crippen LogP contribution is -2.35. The summed E-state index contributed by atoms with van der Waals surface area (Å²) >= 11 is 0. The second-order valence-corrected chi connectivity index (χ2v) is 6.45. The predicted octanol–water partition coefficient (Wildman–Crippen LogP) is 2.36. The number of rotatable bonds is 1. The van der Waals surface area contributed by atoms with Gasteiger partial charge in [0.2, 0.25) is 0 Å². The molecular weight excluding hydrogens is 258 g/mol. The standard InChI is InChI=1S/C15H23NO4/c1-15(2,3)20-13(17)11-7-5-6-10-8-16(9-12(10)11)14(18)19-4/h6,11-12H,5,7-9H2,1-4H3. The highest BCUT2D eigenvalue weighted by Crippen LogP contribution is 2.37. The molecule has 2 rings (SSSR count).